The highest BCUT2D eigenvalue weighted by molar-refractivity contribution is 5.29. The fraction of sp³-hybridized carbons (Fsp3) is 0.727. The first-order valence-corrected chi connectivity index (χ1v) is 5.45. The second-order valence-corrected chi connectivity index (χ2v) is 3.65. The van der Waals surface area contributed by atoms with Crippen LogP contribution in [-0.4, -0.2) is 9.78 Å². The van der Waals surface area contributed by atoms with Crippen molar-refractivity contribution in [2.75, 3.05) is 0 Å². The zero-order valence-electron chi connectivity index (χ0n) is 9.67. The Morgan fingerprint density at radius 3 is 2.36 bits per heavy atom. The normalized spacial score (nSPS) is 13.2. The molecule has 0 saturated carbocycles. The monoisotopic (exact) mass is 195 g/mol. The molecule has 3 heteroatoms. The Hall–Kier alpha value is -0.830. The fourth-order valence-corrected chi connectivity index (χ4v) is 1.95. The Morgan fingerprint density at radius 2 is 1.93 bits per heavy atom. The van der Waals surface area contributed by atoms with Crippen molar-refractivity contribution in [1.82, 2.24) is 9.78 Å². The van der Waals surface area contributed by atoms with Gasteiger partial charge in [-0.3, -0.25) is 4.68 Å². The number of hydrogen-bond acceptors (Lipinski definition) is 2. The first-order chi connectivity index (χ1) is 6.65. The summed E-state index contributed by atoms with van der Waals surface area (Å²) in [4.78, 5) is 0. The molecular formula is C11H21N3. The fourth-order valence-electron chi connectivity index (χ4n) is 1.95. The van der Waals surface area contributed by atoms with Gasteiger partial charge in [0.25, 0.3) is 0 Å². The van der Waals surface area contributed by atoms with Gasteiger partial charge in [-0.05, 0) is 19.3 Å². The van der Waals surface area contributed by atoms with E-state index in [4.69, 9.17) is 5.73 Å². The minimum absolute atomic E-state index is 0.147. The lowest BCUT2D eigenvalue weighted by Crippen LogP contribution is -2.12. The summed E-state index contributed by atoms with van der Waals surface area (Å²) >= 11 is 0. The van der Waals surface area contributed by atoms with Crippen molar-refractivity contribution in [1.29, 1.82) is 0 Å². The number of aryl methyl sites for hydroxylation is 2. The van der Waals surface area contributed by atoms with E-state index in [1.54, 1.807) is 0 Å². The molecular weight excluding hydrogens is 174 g/mol. The van der Waals surface area contributed by atoms with Crippen molar-refractivity contribution in [3.63, 3.8) is 0 Å². The number of nitrogens with zero attached hydrogens (tertiary/aromatic N) is 2. The molecule has 14 heavy (non-hydrogen) atoms. The van der Waals surface area contributed by atoms with Crippen LogP contribution >= 0.6 is 0 Å². The molecule has 0 aromatic carbocycles. The van der Waals surface area contributed by atoms with Crippen LogP contribution in [0.5, 0.6) is 0 Å². The Bertz CT molecular complexity index is 302. The standard InChI is InChI=1S/C11H21N3/c1-5-8(12)11-9(6-2)13-14(4)10(11)7-3/h8H,5-7,12H2,1-4H3. The van der Waals surface area contributed by atoms with Crippen molar-refractivity contribution in [2.24, 2.45) is 12.8 Å². The maximum absolute atomic E-state index is 6.11. The number of aromatic nitrogens is 2. The van der Waals surface area contributed by atoms with E-state index >= 15 is 0 Å². The van der Waals surface area contributed by atoms with Gasteiger partial charge in [0.05, 0.1) is 5.69 Å². The maximum Gasteiger partial charge on any atom is 0.0672 e. The van der Waals surface area contributed by atoms with E-state index in [9.17, 15) is 0 Å². The third-order valence-corrected chi connectivity index (χ3v) is 2.76. The van der Waals surface area contributed by atoms with E-state index in [-0.39, 0.29) is 6.04 Å². The molecule has 0 spiro atoms. The minimum atomic E-state index is 0.147. The molecule has 1 heterocycles. The van der Waals surface area contributed by atoms with Crippen LogP contribution in [0.4, 0.5) is 0 Å². The molecule has 80 valence electrons. The molecule has 1 atom stereocenters. The van der Waals surface area contributed by atoms with E-state index in [1.165, 1.54) is 17.0 Å². The first-order valence-electron chi connectivity index (χ1n) is 5.45. The topological polar surface area (TPSA) is 43.8 Å². The number of rotatable bonds is 4. The highest BCUT2D eigenvalue weighted by atomic mass is 15.3. The molecule has 0 saturated heterocycles. The molecule has 0 aliphatic carbocycles. The molecule has 1 rings (SSSR count). The van der Waals surface area contributed by atoms with Crippen LogP contribution in [0, 0.1) is 0 Å². The third-order valence-electron chi connectivity index (χ3n) is 2.76. The summed E-state index contributed by atoms with van der Waals surface area (Å²) in [6.07, 6.45) is 2.95. The van der Waals surface area contributed by atoms with Gasteiger partial charge in [0.1, 0.15) is 0 Å². The van der Waals surface area contributed by atoms with Crippen molar-refractivity contribution < 1.29 is 0 Å². The molecule has 1 aromatic heterocycles. The molecule has 1 aromatic rings. The Balaban J connectivity index is 3.20. The van der Waals surface area contributed by atoms with Crippen LogP contribution in [0.2, 0.25) is 0 Å². The van der Waals surface area contributed by atoms with Crippen LogP contribution in [0.1, 0.15) is 50.2 Å². The summed E-state index contributed by atoms with van der Waals surface area (Å²) in [7, 11) is 2.00. The zero-order valence-corrected chi connectivity index (χ0v) is 9.67. The smallest absolute Gasteiger partial charge is 0.0672 e. The van der Waals surface area contributed by atoms with Crippen molar-refractivity contribution >= 4 is 0 Å². The molecule has 2 N–H and O–H groups in total. The van der Waals surface area contributed by atoms with Gasteiger partial charge in [0, 0.05) is 24.3 Å². The van der Waals surface area contributed by atoms with Gasteiger partial charge in [0.15, 0.2) is 0 Å². The molecule has 0 bridgehead atoms. The van der Waals surface area contributed by atoms with E-state index in [0.29, 0.717) is 0 Å². The van der Waals surface area contributed by atoms with Gasteiger partial charge in [0.2, 0.25) is 0 Å². The predicted molar refractivity (Wildman–Crippen MR) is 59.2 cm³/mol. The van der Waals surface area contributed by atoms with Crippen molar-refractivity contribution in [3.05, 3.63) is 17.0 Å². The second-order valence-electron chi connectivity index (χ2n) is 3.65. The first kappa shape index (κ1) is 11.2. The van der Waals surface area contributed by atoms with Crippen molar-refractivity contribution in [3.8, 4) is 0 Å². The third kappa shape index (κ3) is 1.82. The summed E-state index contributed by atoms with van der Waals surface area (Å²) in [6, 6.07) is 0.147. The summed E-state index contributed by atoms with van der Waals surface area (Å²) in [5.74, 6) is 0. The largest absolute Gasteiger partial charge is 0.324 e. The van der Waals surface area contributed by atoms with Gasteiger partial charge < -0.3 is 5.73 Å². The average Bonchev–Trinajstić information content (AvgIpc) is 2.53. The molecule has 0 amide bonds. The lowest BCUT2D eigenvalue weighted by Gasteiger charge is -2.11. The van der Waals surface area contributed by atoms with E-state index in [1.807, 2.05) is 11.7 Å². The molecule has 0 radical (unpaired) electrons. The maximum atomic E-state index is 6.11. The van der Waals surface area contributed by atoms with Gasteiger partial charge in [-0.15, -0.1) is 0 Å². The quantitative estimate of drug-likeness (QED) is 0.798. The Labute approximate surface area is 86.3 Å². The van der Waals surface area contributed by atoms with Crippen LogP contribution in [0.15, 0.2) is 0 Å². The average molecular weight is 195 g/mol. The molecule has 0 aliphatic rings. The van der Waals surface area contributed by atoms with Gasteiger partial charge >= 0.3 is 0 Å². The SMILES string of the molecule is CCc1nn(C)c(CC)c1C(N)CC. The van der Waals surface area contributed by atoms with Gasteiger partial charge in [-0.2, -0.15) is 5.10 Å². The molecule has 0 fully saturated rings. The molecule has 1 unspecified atom stereocenters. The predicted octanol–water partition coefficient (Wildman–Crippen LogP) is 1.95. The summed E-state index contributed by atoms with van der Waals surface area (Å²) < 4.78 is 1.98. The number of nitrogens with two attached hydrogens (primary N) is 1. The van der Waals surface area contributed by atoms with E-state index in [2.05, 4.69) is 25.9 Å². The highest BCUT2D eigenvalue weighted by Crippen LogP contribution is 2.23. The second kappa shape index (κ2) is 4.60. The Kier molecular flexibility index (Phi) is 3.69. The van der Waals surface area contributed by atoms with Crippen LogP contribution in [0.25, 0.3) is 0 Å². The lowest BCUT2D eigenvalue weighted by atomic mass is 10.00. The van der Waals surface area contributed by atoms with Crippen LogP contribution in [0.3, 0.4) is 0 Å². The van der Waals surface area contributed by atoms with Crippen LogP contribution in [-0.2, 0) is 19.9 Å². The summed E-state index contributed by atoms with van der Waals surface area (Å²) in [5, 5.41) is 4.51. The van der Waals surface area contributed by atoms with E-state index < -0.39 is 0 Å². The number of hydrogen-bond donors (Lipinski definition) is 1. The molecule has 0 aliphatic heterocycles. The highest BCUT2D eigenvalue weighted by Gasteiger charge is 2.17. The summed E-state index contributed by atoms with van der Waals surface area (Å²) in [5.41, 5.74) is 9.84. The van der Waals surface area contributed by atoms with Gasteiger partial charge in [-0.1, -0.05) is 20.8 Å². The summed E-state index contributed by atoms with van der Waals surface area (Å²) in [6.45, 7) is 6.41. The zero-order chi connectivity index (χ0) is 10.7. The van der Waals surface area contributed by atoms with E-state index in [0.717, 1.165) is 19.3 Å². The molecule has 3 nitrogen and oxygen atoms in total. The Morgan fingerprint density at radius 1 is 1.29 bits per heavy atom. The van der Waals surface area contributed by atoms with Crippen molar-refractivity contribution in [2.45, 2.75) is 46.1 Å². The lowest BCUT2D eigenvalue weighted by molar-refractivity contribution is 0.671. The minimum Gasteiger partial charge on any atom is -0.324 e. The van der Waals surface area contributed by atoms with Gasteiger partial charge in [-0.25, -0.2) is 0 Å². The van der Waals surface area contributed by atoms with Crippen LogP contribution < -0.4 is 5.73 Å².